The van der Waals surface area contributed by atoms with Crippen molar-refractivity contribution < 1.29 is 13.6 Å². The maximum atomic E-state index is 13.9. The van der Waals surface area contributed by atoms with Gasteiger partial charge in [0.05, 0.1) is 11.9 Å². The van der Waals surface area contributed by atoms with Crippen LogP contribution in [-0.2, 0) is 5.75 Å². The van der Waals surface area contributed by atoms with E-state index < -0.39 is 0 Å². The van der Waals surface area contributed by atoms with Crippen molar-refractivity contribution in [3.8, 4) is 0 Å². The van der Waals surface area contributed by atoms with E-state index in [4.69, 9.17) is 4.42 Å². The summed E-state index contributed by atoms with van der Waals surface area (Å²) in [6.45, 7) is 0. The minimum atomic E-state index is -0.358. The molecule has 4 aromatic rings. The average Bonchev–Trinajstić information content (AvgIpc) is 3.07. The molecular formula is C21H15FN2O2S. The lowest BCUT2D eigenvalue weighted by Gasteiger charge is -2.06. The molecule has 0 aliphatic heterocycles. The number of benzene rings is 2. The van der Waals surface area contributed by atoms with Crippen LogP contribution in [-0.4, -0.2) is 10.9 Å². The molecule has 0 fully saturated rings. The van der Waals surface area contributed by atoms with Gasteiger partial charge in [0.2, 0.25) is 0 Å². The third-order valence-electron chi connectivity index (χ3n) is 4.03. The van der Waals surface area contributed by atoms with E-state index in [1.807, 2.05) is 24.3 Å². The molecule has 2 heterocycles. The van der Waals surface area contributed by atoms with Crippen LogP contribution in [0.15, 0.2) is 82.4 Å². The van der Waals surface area contributed by atoms with Gasteiger partial charge in [0.15, 0.2) is 5.76 Å². The summed E-state index contributed by atoms with van der Waals surface area (Å²) in [7, 11) is 0. The molecule has 0 spiro atoms. The molecule has 1 amide bonds. The molecule has 0 aliphatic rings. The first-order valence-electron chi connectivity index (χ1n) is 8.31. The fourth-order valence-electron chi connectivity index (χ4n) is 2.76. The topological polar surface area (TPSA) is 55.1 Å². The highest BCUT2D eigenvalue weighted by Crippen LogP contribution is 2.33. The Hall–Kier alpha value is -3.12. The zero-order valence-corrected chi connectivity index (χ0v) is 15.0. The number of hydrogen-bond acceptors (Lipinski definition) is 4. The normalized spacial score (nSPS) is 10.9. The Bertz CT molecular complexity index is 1100. The minimum absolute atomic E-state index is 0.226. The summed E-state index contributed by atoms with van der Waals surface area (Å²) < 4.78 is 19.8. The summed E-state index contributed by atoms with van der Waals surface area (Å²) in [6, 6.07) is 17.5. The van der Waals surface area contributed by atoms with Crippen LogP contribution in [0.1, 0.15) is 16.1 Å². The van der Waals surface area contributed by atoms with Crippen molar-refractivity contribution >= 4 is 34.3 Å². The third-order valence-corrected chi connectivity index (χ3v) is 5.11. The van der Waals surface area contributed by atoms with E-state index in [2.05, 4.69) is 10.3 Å². The first-order chi connectivity index (χ1) is 13.2. The van der Waals surface area contributed by atoms with Crippen molar-refractivity contribution in [3.05, 3.63) is 90.2 Å². The number of hydrogen-bond donors (Lipinski definition) is 1. The molecule has 134 valence electrons. The van der Waals surface area contributed by atoms with Gasteiger partial charge in [-0.1, -0.05) is 30.3 Å². The maximum absolute atomic E-state index is 13.9. The van der Waals surface area contributed by atoms with Gasteiger partial charge in [0, 0.05) is 27.8 Å². The molecule has 0 radical (unpaired) electrons. The lowest BCUT2D eigenvalue weighted by Crippen LogP contribution is -2.12. The molecule has 0 saturated heterocycles. The molecule has 4 rings (SSSR count). The van der Waals surface area contributed by atoms with Crippen molar-refractivity contribution in [3.63, 3.8) is 0 Å². The highest BCUT2D eigenvalue weighted by molar-refractivity contribution is 7.98. The van der Waals surface area contributed by atoms with Gasteiger partial charge in [-0.15, -0.1) is 11.8 Å². The Morgan fingerprint density at radius 3 is 2.70 bits per heavy atom. The molecule has 2 aromatic carbocycles. The van der Waals surface area contributed by atoms with Gasteiger partial charge in [-0.25, -0.2) is 4.39 Å². The number of thioether (sulfide) groups is 1. The van der Waals surface area contributed by atoms with Crippen LogP contribution in [0.2, 0.25) is 0 Å². The summed E-state index contributed by atoms with van der Waals surface area (Å²) in [5.74, 6) is -0.00261. The van der Waals surface area contributed by atoms with E-state index in [1.54, 1.807) is 42.7 Å². The number of fused-ring (bicyclic) bond motifs is 1. The Morgan fingerprint density at radius 1 is 1.07 bits per heavy atom. The second-order valence-corrected chi connectivity index (χ2v) is 6.84. The predicted molar refractivity (Wildman–Crippen MR) is 104 cm³/mol. The standard InChI is InChI=1S/C21H15FN2O2S/c22-17-8-2-4-10-19(17)27-13-16-15-7-1-3-9-18(15)26-20(16)21(25)24-14-6-5-11-23-12-14/h1-12H,13H2,(H,24,25). The Balaban J connectivity index is 1.67. The van der Waals surface area contributed by atoms with Crippen LogP contribution in [0.5, 0.6) is 0 Å². The second-order valence-electron chi connectivity index (χ2n) is 5.82. The molecule has 6 heteroatoms. The molecule has 0 unspecified atom stereocenters. The van der Waals surface area contributed by atoms with Gasteiger partial charge < -0.3 is 9.73 Å². The average molecular weight is 378 g/mol. The summed E-state index contributed by atoms with van der Waals surface area (Å²) in [5.41, 5.74) is 1.94. The van der Waals surface area contributed by atoms with Crippen molar-refractivity contribution in [2.45, 2.75) is 10.6 Å². The number of nitrogens with zero attached hydrogens (tertiary/aromatic N) is 1. The zero-order chi connectivity index (χ0) is 18.6. The molecular weight excluding hydrogens is 363 g/mol. The number of aromatic nitrogens is 1. The molecule has 2 aromatic heterocycles. The maximum Gasteiger partial charge on any atom is 0.291 e. The number of pyridine rings is 1. The van der Waals surface area contributed by atoms with Crippen LogP contribution in [0, 0.1) is 5.82 Å². The monoisotopic (exact) mass is 378 g/mol. The Kier molecular flexibility index (Phi) is 4.89. The van der Waals surface area contributed by atoms with E-state index >= 15 is 0 Å². The third kappa shape index (κ3) is 3.71. The van der Waals surface area contributed by atoms with E-state index in [9.17, 15) is 9.18 Å². The van der Waals surface area contributed by atoms with Gasteiger partial charge in [-0.05, 0) is 30.3 Å². The first kappa shape index (κ1) is 17.3. The Labute approximate surface area is 159 Å². The largest absolute Gasteiger partial charge is 0.451 e. The van der Waals surface area contributed by atoms with Gasteiger partial charge in [-0.2, -0.15) is 0 Å². The second kappa shape index (κ2) is 7.63. The van der Waals surface area contributed by atoms with Crippen LogP contribution < -0.4 is 5.32 Å². The molecule has 0 saturated carbocycles. The summed E-state index contributed by atoms with van der Waals surface area (Å²) >= 11 is 1.33. The van der Waals surface area contributed by atoms with Crippen LogP contribution in [0.3, 0.4) is 0 Å². The van der Waals surface area contributed by atoms with Crippen LogP contribution >= 0.6 is 11.8 Å². The number of carbonyl (C=O) groups excluding carboxylic acids is 1. The summed E-state index contributed by atoms with van der Waals surface area (Å²) in [4.78, 5) is 17.3. The molecule has 27 heavy (non-hydrogen) atoms. The van der Waals surface area contributed by atoms with E-state index in [1.165, 1.54) is 17.8 Å². The van der Waals surface area contributed by atoms with E-state index in [0.29, 0.717) is 21.9 Å². The number of carbonyl (C=O) groups is 1. The SMILES string of the molecule is O=C(Nc1cccnc1)c1oc2ccccc2c1CSc1ccccc1F. The number of nitrogens with one attached hydrogen (secondary N) is 1. The van der Waals surface area contributed by atoms with Crippen molar-refractivity contribution in [2.75, 3.05) is 5.32 Å². The zero-order valence-electron chi connectivity index (χ0n) is 14.2. The number of anilines is 1. The smallest absolute Gasteiger partial charge is 0.291 e. The van der Waals surface area contributed by atoms with Gasteiger partial charge in [0.25, 0.3) is 5.91 Å². The highest BCUT2D eigenvalue weighted by Gasteiger charge is 2.21. The number of rotatable bonds is 5. The number of furan rings is 1. The molecule has 0 bridgehead atoms. The summed E-state index contributed by atoms with van der Waals surface area (Å²) in [6.07, 6.45) is 3.20. The van der Waals surface area contributed by atoms with Crippen molar-refractivity contribution in [1.82, 2.24) is 4.98 Å². The molecule has 0 aliphatic carbocycles. The van der Waals surface area contributed by atoms with Gasteiger partial charge >= 0.3 is 0 Å². The number of halogens is 1. The van der Waals surface area contributed by atoms with E-state index in [0.717, 1.165) is 10.9 Å². The lowest BCUT2D eigenvalue weighted by molar-refractivity contribution is 0.0998. The number of para-hydroxylation sites is 1. The Morgan fingerprint density at radius 2 is 1.89 bits per heavy atom. The van der Waals surface area contributed by atoms with E-state index in [-0.39, 0.29) is 17.5 Å². The lowest BCUT2D eigenvalue weighted by atomic mass is 10.1. The quantitative estimate of drug-likeness (QED) is 0.465. The fourth-order valence-corrected chi connectivity index (χ4v) is 3.73. The number of amides is 1. The molecule has 0 atom stereocenters. The van der Waals surface area contributed by atoms with Crippen LogP contribution in [0.4, 0.5) is 10.1 Å². The first-order valence-corrected chi connectivity index (χ1v) is 9.30. The van der Waals surface area contributed by atoms with Crippen LogP contribution in [0.25, 0.3) is 11.0 Å². The highest BCUT2D eigenvalue weighted by atomic mass is 32.2. The van der Waals surface area contributed by atoms with Crippen molar-refractivity contribution in [1.29, 1.82) is 0 Å². The molecule has 4 nitrogen and oxygen atoms in total. The fraction of sp³-hybridized carbons (Fsp3) is 0.0476. The predicted octanol–water partition coefficient (Wildman–Crippen LogP) is 5.51. The van der Waals surface area contributed by atoms with Gasteiger partial charge in [0.1, 0.15) is 11.4 Å². The minimum Gasteiger partial charge on any atom is -0.451 e. The van der Waals surface area contributed by atoms with Gasteiger partial charge in [-0.3, -0.25) is 9.78 Å². The molecule has 1 N–H and O–H groups in total. The summed E-state index contributed by atoms with van der Waals surface area (Å²) in [5, 5.41) is 3.64. The van der Waals surface area contributed by atoms with Crippen molar-refractivity contribution in [2.24, 2.45) is 0 Å².